The van der Waals surface area contributed by atoms with Gasteiger partial charge in [-0.2, -0.15) is 0 Å². The Labute approximate surface area is 223 Å². The first-order chi connectivity index (χ1) is 18.3. The molecule has 2 heterocycles. The van der Waals surface area contributed by atoms with Gasteiger partial charge in [-0.25, -0.2) is 0 Å². The molecule has 2 N–H and O–H groups in total. The number of likely N-dealkylation sites (N-methyl/N-ethyl adjacent to an activating group) is 2. The topological polar surface area (TPSA) is 110 Å². The smallest absolute Gasteiger partial charge is 0.254 e. The number of nitrogens with zero attached hydrogens (tertiary/aromatic N) is 1. The van der Waals surface area contributed by atoms with Crippen molar-refractivity contribution in [2.75, 3.05) is 27.3 Å². The van der Waals surface area contributed by atoms with Gasteiger partial charge in [0.05, 0.1) is 12.1 Å². The highest BCUT2D eigenvalue weighted by Gasteiger charge is 2.46. The number of Topliss-reactive ketones (excluding diaryl/α,β-unsaturated/α-hetero) is 1. The number of ketones is 1. The van der Waals surface area contributed by atoms with Crippen molar-refractivity contribution in [3.63, 3.8) is 0 Å². The number of benzene rings is 1. The Hall–Kier alpha value is -3.45. The number of carbonyl (C=O) groups is 3. The Balaban J connectivity index is 1.40. The minimum Gasteiger partial charge on any atom is -0.467 e. The van der Waals surface area contributed by atoms with Crippen LogP contribution in [0.5, 0.6) is 0 Å². The molecule has 1 aliphatic heterocycles. The number of furan rings is 1. The van der Waals surface area contributed by atoms with E-state index in [2.05, 4.69) is 22.5 Å². The van der Waals surface area contributed by atoms with Gasteiger partial charge >= 0.3 is 0 Å². The van der Waals surface area contributed by atoms with Gasteiger partial charge in [-0.05, 0) is 69.4 Å². The van der Waals surface area contributed by atoms with E-state index in [1.807, 2.05) is 6.07 Å². The third-order valence-electron chi connectivity index (χ3n) is 7.00. The number of ether oxygens (including phenoxy) is 2. The van der Waals surface area contributed by atoms with Crippen LogP contribution in [0, 0.1) is 11.8 Å². The second-order valence-corrected chi connectivity index (χ2v) is 9.83. The first-order valence-corrected chi connectivity index (χ1v) is 13.0. The maximum Gasteiger partial charge on any atom is 0.254 e. The monoisotopic (exact) mass is 521 g/mol. The molecule has 0 radical (unpaired) electrons. The minimum atomic E-state index is -1.76. The average Bonchev–Trinajstić information content (AvgIpc) is 3.68. The fraction of sp³-hybridized carbons (Fsp3) is 0.483. The van der Waals surface area contributed by atoms with Crippen molar-refractivity contribution in [1.29, 1.82) is 0 Å². The lowest BCUT2D eigenvalue weighted by molar-refractivity contribution is -0.174. The quantitative estimate of drug-likeness (QED) is 0.365. The van der Waals surface area contributed by atoms with E-state index in [4.69, 9.17) is 13.9 Å². The van der Waals surface area contributed by atoms with Gasteiger partial charge in [-0.15, -0.1) is 0 Å². The summed E-state index contributed by atoms with van der Waals surface area (Å²) in [6.07, 6.45) is 6.17. The summed E-state index contributed by atoms with van der Waals surface area (Å²) in [5.74, 6) is 5.38. The molecule has 0 bridgehead atoms. The number of hydrogen-bond acceptors (Lipinski definition) is 7. The van der Waals surface area contributed by atoms with E-state index in [1.54, 1.807) is 30.5 Å². The number of rotatable bonds is 10. The van der Waals surface area contributed by atoms with Crippen molar-refractivity contribution >= 4 is 17.6 Å². The van der Waals surface area contributed by atoms with E-state index in [0.29, 0.717) is 36.7 Å². The zero-order valence-electron chi connectivity index (χ0n) is 22.2. The zero-order valence-corrected chi connectivity index (χ0v) is 22.2. The summed E-state index contributed by atoms with van der Waals surface area (Å²) in [6, 6.07) is 9.23. The molecule has 202 valence electrons. The molecule has 0 spiro atoms. The highest BCUT2D eigenvalue weighted by molar-refractivity contribution is 6.14. The van der Waals surface area contributed by atoms with Crippen molar-refractivity contribution in [1.82, 2.24) is 15.5 Å². The maximum absolute atomic E-state index is 13.3. The Morgan fingerprint density at radius 2 is 1.84 bits per heavy atom. The molecular formula is C29H35N3O6. The lowest BCUT2D eigenvalue weighted by Crippen LogP contribution is -2.62. The number of hydrogen-bond donors (Lipinski definition) is 2. The highest BCUT2D eigenvalue weighted by Crippen LogP contribution is 2.22. The van der Waals surface area contributed by atoms with E-state index < -0.39 is 29.4 Å². The van der Waals surface area contributed by atoms with Crippen LogP contribution in [-0.4, -0.2) is 67.7 Å². The van der Waals surface area contributed by atoms with Crippen LogP contribution in [0.2, 0.25) is 0 Å². The van der Waals surface area contributed by atoms with Gasteiger partial charge in [-0.3, -0.25) is 14.4 Å². The predicted octanol–water partition coefficient (Wildman–Crippen LogP) is 2.62. The van der Waals surface area contributed by atoms with E-state index in [1.165, 1.54) is 33.9 Å². The van der Waals surface area contributed by atoms with Crippen molar-refractivity contribution < 1.29 is 28.3 Å². The minimum absolute atomic E-state index is 0.328. The Morgan fingerprint density at radius 1 is 1.11 bits per heavy atom. The molecule has 2 amide bonds. The molecule has 2 aliphatic rings. The second-order valence-electron chi connectivity index (χ2n) is 9.83. The summed E-state index contributed by atoms with van der Waals surface area (Å²) in [4.78, 5) is 40.4. The number of carbonyl (C=O) groups excluding carboxylic acids is 3. The second kappa shape index (κ2) is 12.4. The van der Waals surface area contributed by atoms with E-state index >= 15 is 0 Å². The zero-order chi connectivity index (χ0) is 27.1. The molecule has 9 nitrogen and oxygen atoms in total. The summed E-state index contributed by atoms with van der Waals surface area (Å²) >= 11 is 0. The summed E-state index contributed by atoms with van der Waals surface area (Å²) < 4.78 is 16.7. The van der Waals surface area contributed by atoms with Crippen LogP contribution in [0.4, 0.5) is 0 Å². The molecule has 38 heavy (non-hydrogen) atoms. The maximum atomic E-state index is 13.3. The van der Waals surface area contributed by atoms with Gasteiger partial charge in [0.25, 0.3) is 11.8 Å². The lowest BCUT2D eigenvalue weighted by atomic mass is 9.92. The third kappa shape index (κ3) is 6.70. The van der Waals surface area contributed by atoms with Crippen molar-refractivity contribution in [2.45, 2.75) is 63.4 Å². The van der Waals surface area contributed by atoms with Crippen molar-refractivity contribution in [3.8, 4) is 11.8 Å². The van der Waals surface area contributed by atoms with Crippen LogP contribution in [0.15, 0.2) is 41.0 Å². The summed E-state index contributed by atoms with van der Waals surface area (Å²) in [7, 11) is 2.87. The summed E-state index contributed by atoms with van der Waals surface area (Å²) in [5.41, 5.74) is 0.0632. The Kier molecular flexibility index (Phi) is 9.00. The van der Waals surface area contributed by atoms with Gasteiger partial charge in [0.1, 0.15) is 18.6 Å². The normalized spacial score (nSPS) is 18.6. The molecule has 2 atom stereocenters. The van der Waals surface area contributed by atoms with Crippen LogP contribution in [-0.2, 0) is 25.6 Å². The molecule has 1 aromatic carbocycles. The standard InChI is InChI=1S/C29H35N3O6/c1-29(28(35)30-2,25(33)19-38-26-6-4-5-15-36-26)32(3)27(34)22-11-9-20(10-12-22)7-8-21-16-24(37-18-21)17-31-23-13-14-23/h9-12,16,18,23,26,31H,4-6,13-15,17,19H2,1-3H3,(H,30,35)/t26?,29-/m1/s1. The third-order valence-corrected chi connectivity index (χ3v) is 7.00. The van der Waals surface area contributed by atoms with Gasteiger partial charge in [0.2, 0.25) is 0 Å². The highest BCUT2D eigenvalue weighted by atomic mass is 16.7. The molecule has 1 aliphatic carbocycles. The summed E-state index contributed by atoms with van der Waals surface area (Å²) in [5, 5.41) is 5.90. The molecule has 2 aromatic rings. The Morgan fingerprint density at radius 3 is 2.50 bits per heavy atom. The molecule has 1 saturated carbocycles. The van der Waals surface area contributed by atoms with Gasteiger partial charge in [-0.1, -0.05) is 11.8 Å². The number of amides is 2. The van der Waals surface area contributed by atoms with Crippen LogP contribution >= 0.6 is 0 Å². The first kappa shape index (κ1) is 27.6. The van der Waals surface area contributed by atoms with E-state index in [-0.39, 0.29) is 6.61 Å². The molecule has 1 aromatic heterocycles. The first-order valence-electron chi connectivity index (χ1n) is 13.0. The van der Waals surface area contributed by atoms with E-state index in [0.717, 1.165) is 29.1 Å². The molecular weight excluding hydrogens is 486 g/mol. The molecule has 4 rings (SSSR count). The van der Waals surface area contributed by atoms with Gasteiger partial charge < -0.3 is 29.4 Å². The molecule has 9 heteroatoms. The van der Waals surface area contributed by atoms with Crippen molar-refractivity contribution in [2.24, 2.45) is 0 Å². The Bertz CT molecular complexity index is 1200. The van der Waals surface area contributed by atoms with Gasteiger partial charge in [0, 0.05) is 37.9 Å². The lowest BCUT2D eigenvalue weighted by Gasteiger charge is -2.36. The SMILES string of the molecule is CNC(=O)[C@@](C)(C(=O)COC1CCCCO1)N(C)C(=O)c1ccc(C#Cc2coc(CNC3CC3)c2)cc1. The van der Waals surface area contributed by atoms with Crippen molar-refractivity contribution in [3.05, 3.63) is 59.0 Å². The van der Waals surface area contributed by atoms with E-state index in [9.17, 15) is 14.4 Å². The largest absolute Gasteiger partial charge is 0.467 e. The fourth-order valence-electron chi connectivity index (χ4n) is 4.17. The van der Waals surface area contributed by atoms with Crippen LogP contribution < -0.4 is 10.6 Å². The predicted molar refractivity (Wildman–Crippen MR) is 140 cm³/mol. The average molecular weight is 522 g/mol. The van der Waals surface area contributed by atoms with Crippen LogP contribution in [0.1, 0.15) is 66.3 Å². The molecule has 1 unspecified atom stereocenters. The fourth-order valence-corrected chi connectivity index (χ4v) is 4.17. The number of nitrogens with one attached hydrogen (secondary N) is 2. The molecule has 2 fully saturated rings. The summed E-state index contributed by atoms with van der Waals surface area (Å²) in [6.45, 7) is 2.35. The van der Waals surface area contributed by atoms with Crippen LogP contribution in [0.25, 0.3) is 0 Å². The van der Waals surface area contributed by atoms with Crippen LogP contribution in [0.3, 0.4) is 0 Å². The van der Waals surface area contributed by atoms with Gasteiger partial charge in [0.15, 0.2) is 17.6 Å². The molecule has 1 saturated heterocycles.